The Morgan fingerprint density at radius 1 is 1.14 bits per heavy atom. The number of piperazine rings is 1. The highest BCUT2D eigenvalue weighted by atomic mass is 16.3. The molecule has 122 valence electrons. The van der Waals surface area contributed by atoms with E-state index in [1.165, 1.54) is 5.56 Å². The van der Waals surface area contributed by atoms with Crippen LogP contribution in [0.5, 0.6) is 0 Å². The summed E-state index contributed by atoms with van der Waals surface area (Å²) in [6, 6.07) is 10.3. The van der Waals surface area contributed by atoms with E-state index >= 15 is 0 Å². The van der Waals surface area contributed by atoms with Gasteiger partial charge in [0.2, 0.25) is 5.91 Å². The maximum absolute atomic E-state index is 12.4. The average molecular weight is 305 g/mol. The predicted octanol–water partition coefficient (Wildman–Crippen LogP) is 0.297. The van der Waals surface area contributed by atoms with Gasteiger partial charge >= 0.3 is 0 Å². The largest absolute Gasteiger partial charge is 0.395 e. The second-order valence-electron chi connectivity index (χ2n) is 5.92. The molecule has 1 aliphatic rings. The summed E-state index contributed by atoms with van der Waals surface area (Å²) in [7, 11) is 2.08. The molecule has 0 aliphatic carbocycles. The maximum atomic E-state index is 12.4. The third kappa shape index (κ3) is 5.40. The number of rotatable bonds is 7. The number of likely N-dealkylation sites (N-methyl/N-ethyl adjacent to an activating group) is 1. The molecule has 1 aromatic carbocycles. The first-order valence-corrected chi connectivity index (χ1v) is 8.02. The summed E-state index contributed by atoms with van der Waals surface area (Å²) >= 11 is 0. The molecule has 1 fully saturated rings. The van der Waals surface area contributed by atoms with Crippen LogP contribution in [0.1, 0.15) is 5.56 Å². The summed E-state index contributed by atoms with van der Waals surface area (Å²) in [5, 5.41) is 9.22. The molecule has 5 heteroatoms. The van der Waals surface area contributed by atoms with Crippen molar-refractivity contribution >= 4 is 5.91 Å². The lowest BCUT2D eigenvalue weighted by Gasteiger charge is -2.34. The number of aliphatic hydroxyl groups excluding tert-OH is 1. The number of nitrogens with zero attached hydrogens (tertiary/aromatic N) is 3. The third-order valence-corrected chi connectivity index (χ3v) is 4.19. The van der Waals surface area contributed by atoms with Gasteiger partial charge in [-0.15, -0.1) is 0 Å². The molecule has 22 heavy (non-hydrogen) atoms. The normalized spacial score (nSPS) is 16.2. The van der Waals surface area contributed by atoms with Crippen molar-refractivity contribution in [3.8, 4) is 0 Å². The summed E-state index contributed by atoms with van der Waals surface area (Å²) < 4.78 is 0. The third-order valence-electron chi connectivity index (χ3n) is 4.19. The minimum atomic E-state index is 0.0881. The fourth-order valence-corrected chi connectivity index (χ4v) is 2.69. The first-order chi connectivity index (χ1) is 10.7. The summed E-state index contributed by atoms with van der Waals surface area (Å²) in [5.41, 5.74) is 1.26. The minimum Gasteiger partial charge on any atom is -0.395 e. The van der Waals surface area contributed by atoms with Crippen LogP contribution in [-0.2, 0) is 11.2 Å². The Balaban J connectivity index is 1.81. The van der Waals surface area contributed by atoms with Crippen LogP contribution >= 0.6 is 0 Å². The van der Waals surface area contributed by atoms with E-state index in [0.29, 0.717) is 13.1 Å². The lowest BCUT2D eigenvalue weighted by molar-refractivity contribution is -0.134. The molecule has 0 bridgehead atoms. The Bertz CT molecular complexity index is 444. The van der Waals surface area contributed by atoms with Crippen LogP contribution < -0.4 is 0 Å². The van der Waals surface area contributed by atoms with Crippen LogP contribution in [-0.4, -0.2) is 85.2 Å². The molecule has 0 atom stereocenters. The number of benzene rings is 1. The van der Waals surface area contributed by atoms with Crippen LogP contribution in [0.25, 0.3) is 0 Å². The summed E-state index contributed by atoms with van der Waals surface area (Å²) in [4.78, 5) is 18.6. The Labute approximate surface area is 133 Å². The minimum absolute atomic E-state index is 0.0881. The molecule has 1 aliphatic heterocycles. The van der Waals surface area contributed by atoms with Crippen molar-refractivity contribution in [2.24, 2.45) is 0 Å². The summed E-state index contributed by atoms with van der Waals surface area (Å²) in [6.07, 6.45) is 0.900. The zero-order chi connectivity index (χ0) is 15.8. The highest BCUT2D eigenvalue weighted by Gasteiger charge is 2.20. The molecule has 0 aromatic heterocycles. The van der Waals surface area contributed by atoms with Gasteiger partial charge in [-0.1, -0.05) is 30.3 Å². The Morgan fingerprint density at radius 2 is 1.82 bits per heavy atom. The number of amides is 1. The molecular formula is C17H27N3O2. The monoisotopic (exact) mass is 305 g/mol. The Hall–Kier alpha value is -1.43. The highest BCUT2D eigenvalue weighted by molar-refractivity contribution is 5.78. The van der Waals surface area contributed by atoms with Gasteiger partial charge in [0.05, 0.1) is 13.2 Å². The number of carbonyl (C=O) groups is 1. The van der Waals surface area contributed by atoms with Gasteiger partial charge in [-0.25, -0.2) is 0 Å². The van der Waals surface area contributed by atoms with Gasteiger partial charge in [-0.05, 0) is 19.0 Å². The molecule has 0 spiro atoms. The van der Waals surface area contributed by atoms with E-state index in [1.54, 1.807) is 0 Å². The van der Waals surface area contributed by atoms with Crippen LogP contribution in [0, 0.1) is 0 Å². The fraction of sp³-hybridized carbons (Fsp3) is 0.588. The van der Waals surface area contributed by atoms with Gasteiger partial charge in [0, 0.05) is 39.3 Å². The average Bonchev–Trinajstić information content (AvgIpc) is 2.54. The molecule has 1 saturated heterocycles. The quantitative estimate of drug-likeness (QED) is 0.787. The highest BCUT2D eigenvalue weighted by Crippen LogP contribution is 2.04. The van der Waals surface area contributed by atoms with Crippen molar-refractivity contribution in [1.82, 2.24) is 14.7 Å². The number of hydrogen-bond donors (Lipinski definition) is 1. The maximum Gasteiger partial charge on any atom is 0.236 e. The zero-order valence-corrected chi connectivity index (χ0v) is 13.4. The van der Waals surface area contributed by atoms with Crippen LogP contribution in [0.15, 0.2) is 30.3 Å². The van der Waals surface area contributed by atoms with E-state index in [0.717, 1.165) is 39.1 Å². The molecule has 1 amide bonds. The molecule has 0 saturated carbocycles. The van der Waals surface area contributed by atoms with Gasteiger partial charge in [-0.2, -0.15) is 0 Å². The SMILES string of the molecule is CN1CCN(C(=O)CN(CCO)CCc2ccccc2)CC1. The Kier molecular flexibility index (Phi) is 6.83. The van der Waals surface area contributed by atoms with Crippen molar-refractivity contribution in [3.63, 3.8) is 0 Å². The first-order valence-electron chi connectivity index (χ1n) is 8.02. The van der Waals surface area contributed by atoms with Crippen molar-refractivity contribution in [2.75, 3.05) is 59.5 Å². The first kappa shape index (κ1) is 16.9. The van der Waals surface area contributed by atoms with E-state index in [2.05, 4.69) is 24.1 Å². The van der Waals surface area contributed by atoms with E-state index < -0.39 is 0 Å². The lowest BCUT2D eigenvalue weighted by atomic mass is 10.1. The van der Waals surface area contributed by atoms with E-state index in [9.17, 15) is 9.90 Å². The molecule has 1 aromatic rings. The number of aliphatic hydroxyl groups is 1. The van der Waals surface area contributed by atoms with Crippen molar-refractivity contribution in [3.05, 3.63) is 35.9 Å². The molecular weight excluding hydrogens is 278 g/mol. The van der Waals surface area contributed by atoms with Crippen LogP contribution in [0.3, 0.4) is 0 Å². The van der Waals surface area contributed by atoms with Gasteiger partial charge in [0.15, 0.2) is 0 Å². The van der Waals surface area contributed by atoms with Crippen LogP contribution in [0.2, 0.25) is 0 Å². The van der Waals surface area contributed by atoms with E-state index in [-0.39, 0.29) is 12.5 Å². The molecule has 1 heterocycles. The van der Waals surface area contributed by atoms with Gasteiger partial charge in [-0.3, -0.25) is 9.69 Å². The number of carbonyl (C=O) groups excluding carboxylic acids is 1. The van der Waals surface area contributed by atoms with Crippen molar-refractivity contribution < 1.29 is 9.90 Å². The summed E-state index contributed by atoms with van der Waals surface area (Å²) in [5.74, 6) is 0.176. The second-order valence-corrected chi connectivity index (χ2v) is 5.92. The smallest absolute Gasteiger partial charge is 0.236 e. The predicted molar refractivity (Wildman–Crippen MR) is 87.7 cm³/mol. The topological polar surface area (TPSA) is 47.0 Å². The van der Waals surface area contributed by atoms with Crippen molar-refractivity contribution in [1.29, 1.82) is 0 Å². The van der Waals surface area contributed by atoms with Gasteiger partial charge < -0.3 is 14.9 Å². The van der Waals surface area contributed by atoms with E-state index in [4.69, 9.17) is 0 Å². The second kappa shape index (κ2) is 8.88. The van der Waals surface area contributed by atoms with Gasteiger partial charge in [0.1, 0.15) is 0 Å². The molecule has 5 nitrogen and oxygen atoms in total. The molecule has 2 rings (SSSR count). The Morgan fingerprint density at radius 3 is 2.45 bits per heavy atom. The van der Waals surface area contributed by atoms with Crippen molar-refractivity contribution in [2.45, 2.75) is 6.42 Å². The molecule has 0 radical (unpaired) electrons. The fourth-order valence-electron chi connectivity index (χ4n) is 2.69. The van der Waals surface area contributed by atoms with E-state index in [1.807, 2.05) is 28.0 Å². The number of hydrogen-bond acceptors (Lipinski definition) is 4. The molecule has 1 N–H and O–H groups in total. The summed E-state index contributed by atoms with van der Waals surface area (Å²) in [6.45, 7) is 5.33. The van der Waals surface area contributed by atoms with Gasteiger partial charge in [0.25, 0.3) is 0 Å². The lowest BCUT2D eigenvalue weighted by Crippen LogP contribution is -2.50. The van der Waals surface area contributed by atoms with Crippen LogP contribution in [0.4, 0.5) is 0 Å². The zero-order valence-electron chi connectivity index (χ0n) is 13.4. The standard InChI is InChI=1S/C17H27N3O2/c1-18-9-11-20(12-10-18)17(22)15-19(13-14-21)8-7-16-5-3-2-4-6-16/h2-6,21H,7-15H2,1H3. The molecule has 0 unspecified atom stereocenters.